The highest BCUT2D eigenvalue weighted by molar-refractivity contribution is 6.09. The highest BCUT2D eigenvalue weighted by Crippen LogP contribution is 2.34. The van der Waals surface area contributed by atoms with E-state index in [0.717, 1.165) is 68.3 Å². The van der Waals surface area contributed by atoms with E-state index < -0.39 is 0 Å². The Labute approximate surface area is 293 Å². The third-order valence-corrected chi connectivity index (χ3v) is 10.0. The van der Waals surface area contributed by atoms with Crippen LogP contribution in [0.15, 0.2) is 121 Å². The van der Waals surface area contributed by atoms with Gasteiger partial charge in [-0.1, -0.05) is 97.1 Å². The molecule has 0 bridgehead atoms. The number of nitrogens with two attached hydrogens (primary N) is 1. The Hall–Kier alpha value is -5.30. The van der Waals surface area contributed by atoms with Crippen LogP contribution in [0, 0.1) is 13.8 Å². The number of rotatable bonds is 12. The molecule has 0 unspecified atom stereocenters. The molecule has 0 atom stereocenters. The second-order valence-corrected chi connectivity index (χ2v) is 13.6. The van der Waals surface area contributed by atoms with Crippen molar-refractivity contribution in [3.05, 3.63) is 155 Å². The van der Waals surface area contributed by atoms with E-state index in [1.807, 2.05) is 0 Å². The molecule has 2 N–H and O–H groups in total. The van der Waals surface area contributed by atoms with Crippen LogP contribution in [0.25, 0.3) is 43.6 Å². The minimum Gasteiger partial charge on any atom is -0.334 e. The normalized spacial score (nSPS) is 11.9. The molecule has 0 saturated heterocycles. The van der Waals surface area contributed by atoms with E-state index in [0.29, 0.717) is 6.54 Å². The summed E-state index contributed by atoms with van der Waals surface area (Å²) in [6.07, 6.45) is 2.03. The van der Waals surface area contributed by atoms with Crippen LogP contribution in [0.1, 0.15) is 46.7 Å². The van der Waals surface area contributed by atoms with Crippen molar-refractivity contribution in [3.8, 4) is 0 Å². The van der Waals surface area contributed by atoms with Crippen LogP contribution >= 0.6 is 0 Å². The molecule has 50 heavy (non-hydrogen) atoms. The van der Waals surface area contributed by atoms with E-state index in [1.165, 1.54) is 54.7 Å². The van der Waals surface area contributed by atoms with Gasteiger partial charge in [-0.3, -0.25) is 14.9 Å². The van der Waals surface area contributed by atoms with Crippen molar-refractivity contribution in [2.75, 3.05) is 13.1 Å². The number of benzene rings is 4. The number of unbranched alkanes of at least 4 members (excludes halogenated alkanes) is 1. The number of pyridine rings is 2. The summed E-state index contributed by atoms with van der Waals surface area (Å²) in [5.41, 5.74) is 17.7. The van der Waals surface area contributed by atoms with Gasteiger partial charge in [-0.05, 0) is 75.2 Å². The van der Waals surface area contributed by atoms with Crippen molar-refractivity contribution >= 4 is 43.6 Å². The van der Waals surface area contributed by atoms with Gasteiger partial charge < -0.3 is 14.9 Å². The van der Waals surface area contributed by atoms with Crippen molar-refractivity contribution in [2.45, 2.75) is 52.9 Å². The summed E-state index contributed by atoms with van der Waals surface area (Å²) in [5, 5.41) is 5.08. The fourth-order valence-electron chi connectivity index (χ4n) is 7.84. The van der Waals surface area contributed by atoms with Gasteiger partial charge >= 0.3 is 0 Å². The van der Waals surface area contributed by atoms with Crippen LogP contribution in [0.5, 0.6) is 0 Å². The fourth-order valence-corrected chi connectivity index (χ4v) is 7.84. The number of aromatic nitrogens is 4. The SMILES string of the molecule is Cc1nc(CN(CCCCN)Cc2cc3c4ccccc4n(Cc4ccccc4)c3c(C)n2)cc2c3ccccc3n(Cc3ccccc3)c12. The second kappa shape index (κ2) is 13.9. The Kier molecular flexibility index (Phi) is 8.88. The first kappa shape index (κ1) is 31.9. The van der Waals surface area contributed by atoms with Gasteiger partial charge in [0.05, 0.1) is 33.8 Å². The Balaban J connectivity index is 1.15. The van der Waals surface area contributed by atoms with Crippen LogP contribution < -0.4 is 5.73 Å². The first-order chi connectivity index (χ1) is 24.6. The lowest BCUT2D eigenvalue weighted by molar-refractivity contribution is 0.246. The summed E-state index contributed by atoms with van der Waals surface area (Å²) >= 11 is 0. The highest BCUT2D eigenvalue weighted by atomic mass is 15.1. The number of hydrogen-bond donors (Lipinski definition) is 1. The largest absolute Gasteiger partial charge is 0.334 e. The van der Waals surface area contributed by atoms with Crippen molar-refractivity contribution in [1.29, 1.82) is 0 Å². The van der Waals surface area contributed by atoms with Gasteiger partial charge in [0.2, 0.25) is 0 Å². The molecule has 4 aromatic carbocycles. The fraction of sp³-hybridized carbons (Fsp3) is 0.227. The molecule has 0 aliphatic rings. The summed E-state index contributed by atoms with van der Waals surface area (Å²) < 4.78 is 4.86. The molecule has 0 amide bonds. The van der Waals surface area contributed by atoms with Crippen molar-refractivity contribution < 1.29 is 0 Å². The van der Waals surface area contributed by atoms with Gasteiger partial charge in [0.1, 0.15) is 0 Å². The Morgan fingerprint density at radius 1 is 0.540 bits per heavy atom. The third kappa shape index (κ3) is 6.17. The number of hydrogen-bond acceptors (Lipinski definition) is 4. The molecule has 250 valence electrons. The summed E-state index contributed by atoms with van der Waals surface area (Å²) in [6, 6.07) is 43.6. The van der Waals surface area contributed by atoms with Crippen LogP contribution in [0.2, 0.25) is 0 Å². The van der Waals surface area contributed by atoms with E-state index in [4.69, 9.17) is 15.7 Å². The highest BCUT2D eigenvalue weighted by Gasteiger charge is 2.19. The summed E-state index contributed by atoms with van der Waals surface area (Å²) in [7, 11) is 0. The maximum atomic E-state index is 5.96. The zero-order valence-electron chi connectivity index (χ0n) is 29.0. The van der Waals surface area contributed by atoms with Gasteiger partial charge in [-0.15, -0.1) is 0 Å². The Morgan fingerprint density at radius 3 is 1.44 bits per heavy atom. The quantitative estimate of drug-likeness (QED) is 0.133. The Bertz CT molecular complexity index is 2260. The van der Waals surface area contributed by atoms with Crippen LogP contribution in [-0.4, -0.2) is 37.1 Å². The number of fused-ring (bicyclic) bond motifs is 6. The average Bonchev–Trinajstić information content (AvgIpc) is 3.62. The number of aryl methyl sites for hydroxylation is 2. The molecule has 4 aromatic heterocycles. The lowest BCUT2D eigenvalue weighted by atomic mass is 10.1. The maximum absolute atomic E-state index is 5.96. The molecule has 0 aliphatic heterocycles. The second-order valence-electron chi connectivity index (χ2n) is 13.6. The molecular weight excluding hydrogens is 613 g/mol. The Morgan fingerprint density at radius 2 is 0.980 bits per heavy atom. The predicted molar refractivity (Wildman–Crippen MR) is 207 cm³/mol. The van der Waals surface area contributed by atoms with E-state index >= 15 is 0 Å². The molecule has 0 saturated carbocycles. The van der Waals surface area contributed by atoms with Crippen molar-refractivity contribution in [3.63, 3.8) is 0 Å². The summed E-state index contributed by atoms with van der Waals surface area (Å²) in [5.74, 6) is 0. The zero-order chi connectivity index (χ0) is 34.0. The minimum atomic E-state index is 0.697. The van der Waals surface area contributed by atoms with E-state index in [9.17, 15) is 0 Å². The average molecular weight is 657 g/mol. The van der Waals surface area contributed by atoms with Crippen molar-refractivity contribution in [2.24, 2.45) is 5.73 Å². The topological polar surface area (TPSA) is 64.9 Å². The first-order valence-corrected chi connectivity index (χ1v) is 17.8. The standard InChI is InChI=1S/C44H44N6/c1-31-43-39(37-19-9-11-21-41(37)49(43)27-33-15-5-3-6-16-33)25-35(46-31)29-48(24-14-13-23-45)30-36-26-40-38-20-10-12-22-42(38)50(44(40)32(2)47-36)28-34-17-7-4-8-18-34/h3-12,15-22,25-26H,13-14,23-24,27-30,45H2,1-2H3. The smallest absolute Gasteiger partial charge is 0.0711 e. The van der Waals surface area contributed by atoms with E-state index in [-0.39, 0.29) is 0 Å². The molecule has 4 heterocycles. The summed E-state index contributed by atoms with van der Waals surface area (Å²) in [6.45, 7) is 9.06. The van der Waals surface area contributed by atoms with Gasteiger partial charge in [-0.25, -0.2) is 0 Å². The molecule has 8 aromatic rings. The molecule has 0 spiro atoms. The first-order valence-electron chi connectivity index (χ1n) is 17.8. The van der Waals surface area contributed by atoms with Gasteiger partial charge in [0.25, 0.3) is 0 Å². The summed E-state index contributed by atoms with van der Waals surface area (Å²) in [4.78, 5) is 13.0. The van der Waals surface area contributed by atoms with Gasteiger partial charge in [0.15, 0.2) is 0 Å². The molecule has 8 rings (SSSR count). The monoisotopic (exact) mass is 656 g/mol. The van der Waals surface area contributed by atoms with E-state index in [1.54, 1.807) is 0 Å². The lowest BCUT2D eigenvalue weighted by Gasteiger charge is -2.22. The zero-order valence-corrected chi connectivity index (χ0v) is 29.0. The van der Waals surface area contributed by atoms with Crippen LogP contribution in [0.3, 0.4) is 0 Å². The molecule has 0 aliphatic carbocycles. The molecule has 0 fully saturated rings. The third-order valence-electron chi connectivity index (χ3n) is 10.0. The van der Waals surface area contributed by atoms with E-state index in [2.05, 4.69) is 149 Å². The van der Waals surface area contributed by atoms with Crippen molar-refractivity contribution in [1.82, 2.24) is 24.0 Å². The minimum absolute atomic E-state index is 0.697. The van der Waals surface area contributed by atoms with Crippen LogP contribution in [-0.2, 0) is 26.2 Å². The van der Waals surface area contributed by atoms with Crippen LogP contribution in [0.4, 0.5) is 0 Å². The molecular formula is C44H44N6. The maximum Gasteiger partial charge on any atom is 0.0711 e. The lowest BCUT2D eigenvalue weighted by Crippen LogP contribution is -2.26. The number of para-hydroxylation sites is 2. The van der Waals surface area contributed by atoms with Gasteiger partial charge in [0, 0.05) is 58.8 Å². The molecule has 6 heteroatoms. The molecule has 6 nitrogen and oxygen atoms in total. The molecule has 0 radical (unpaired) electrons. The number of nitrogens with zero attached hydrogens (tertiary/aromatic N) is 5. The van der Waals surface area contributed by atoms with Gasteiger partial charge in [-0.2, -0.15) is 0 Å². The predicted octanol–water partition coefficient (Wildman–Crippen LogP) is 9.15.